The molecule has 0 saturated carbocycles. The fourth-order valence-electron chi connectivity index (χ4n) is 1.19. The van der Waals surface area contributed by atoms with E-state index in [2.05, 4.69) is 4.98 Å². The SMILES string of the molecule is CCCOCC(O)c1ccc(C(F)(F)F)cn1. The number of ether oxygens (including phenoxy) is 1. The van der Waals surface area contributed by atoms with E-state index in [1.807, 2.05) is 6.92 Å². The molecule has 0 saturated heterocycles. The van der Waals surface area contributed by atoms with E-state index in [1.165, 1.54) is 0 Å². The molecule has 0 aliphatic heterocycles. The van der Waals surface area contributed by atoms with Gasteiger partial charge in [-0.3, -0.25) is 4.98 Å². The van der Waals surface area contributed by atoms with Crippen molar-refractivity contribution in [3.05, 3.63) is 29.6 Å². The van der Waals surface area contributed by atoms with Gasteiger partial charge in [0.2, 0.25) is 0 Å². The number of nitrogens with zero attached hydrogens (tertiary/aromatic N) is 1. The Kier molecular flexibility index (Phi) is 4.89. The first-order chi connectivity index (χ1) is 7.95. The Morgan fingerprint density at radius 1 is 1.41 bits per heavy atom. The first kappa shape index (κ1) is 13.9. The lowest BCUT2D eigenvalue weighted by Gasteiger charge is -2.11. The third kappa shape index (κ3) is 4.32. The van der Waals surface area contributed by atoms with E-state index in [0.29, 0.717) is 12.8 Å². The second-order valence-corrected chi connectivity index (χ2v) is 3.56. The standard InChI is InChI=1S/C11H14F3NO2/c1-2-5-17-7-10(16)9-4-3-8(6-15-9)11(12,13)14/h3-4,6,10,16H,2,5,7H2,1H3. The molecule has 0 aliphatic carbocycles. The van der Waals surface area contributed by atoms with E-state index in [1.54, 1.807) is 0 Å². The van der Waals surface area contributed by atoms with Crippen molar-refractivity contribution in [1.29, 1.82) is 0 Å². The molecule has 1 N–H and O–H groups in total. The van der Waals surface area contributed by atoms with Crippen LogP contribution in [0.5, 0.6) is 0 Å². The zero-order valence-corrected chi connectivity index (χ0v) is 9.37. The molecule has 3 nitrogen and oxygen atoms in total. The molecular formula is C11H14F3NO2. The van der Waals surface area contributed by atoms with Crippen LogP contribution in [0.25, 0.3) is 0 Å². The van der Waals surface area contributed by atoms with E-state index in [9.17, 15) is 18.3 Å². The van der Waals surface area contributed by atoms with Crippen LogP contribution in [0.2, 0.25) is 0 Å². The Morgan fingerprint density at radius 3 is 2.59 bits per heavy atom. The molecule has 1 rings (SSSR count). The summed E-state index contributed by atoms with van der Waals surface area (Å²) in [7, 11) is 0. The summed E-state index contributed by atoms with van der Waals surface area (Å²) in [6.45, 7) is 2.45. The number of halogens is 3. The van der Waals surface area contributed by atoms with Gasteiger partial charge < -0.3 is 9.84 Å². The van der Waals surface area contributed by atoms with Crippen molar-refractivity contribution >= 4 is 0 Å². The van der Waals surface area contributed by atoms with Crippen molar-refractivity contribution in [3.63, 3.8) is 0 Å². The molecule has 1 heterocycles. The maximum atomic E-state index is 12.2. The number of pyridine rings is 1. The first-order valence-electron chi connectivity index (χ1n) is 5.24. The fourth-order valence-corrected chi connectivity index (χ4v) is 1.19. The molecule has 0 spiro atoms. The van der Waals surface area contributed by atoms with Crippen LogP contribution in [-0.2, 0) is 10.9 Å². The molecule has 0 fully saturated rings. The Bertz CT molecular complexity index is 338. The minimum Gasteiger partial charge on any atom is -0.384 e. The molecule has 0 aromatic carbocycles. The first-order valence-corrected chi connectivity index (χ1v) is 5.24. The van der Waals surface area contributed by atoms with Gasteiger partial charge in [0.25, 0.3) is 0 Å². The Morgan fingerprint density at radius 2 is 2.12 bits per heavy atom. The Hall–Kier alpha value is -1.14. The zero-order chi connectivity index (χ0) is 12.9. The second-order valence-electron chi connectivity index (χ2n) is 3.56. The molecule has 1 aromatic heterocycles. The predicted molar refractivity (Wildman–Crippen MR) is 55.3 cm³/mol. The number of hydrogen-bond acceptors (Lipinski definition) is 3. The maximum absolute atomic E-state index is 12.2. The van der Waals surface area contributed by atoms with Crippen molar-refractivity contribution < 1.29 is 23.0 Å². The van der Waals surface area contributed by atoms with Gasteiger partial charge in [-0.05, 0) is 18.6 Å². The van der Waals surface area contributed by atoms with E-state index in [-0.39, 0.29) is 12.3 Å². The largest absolute Gasteiger partial charge is 0.417 e. The van der Waals surface area contributed by atoms with Gasteiger partial charge in [0, 0.05) is 12.8 Å². The zero-order valence-electron chi connectivity index (χ0n) is 9.37. The Labute approximate surface area is 97.2 Å². The molecule has 1 aromatic rings. The van der Waals surface area contributed by atoms with Crippen LogP contribution in [-0.4, -0.2) is 23.3 Å². The summed E-state index contributed by atoms with van der Waals surface area (Å²) in [5.74, 6) is 0. The van der Waals surface area contributed by atoms with Gasteiger partial charge in [0.15, 0.2) is 0 Å². The second kappa shape index (κ2) is 5.97. The van der Waals surface area contributed by atoms with Crippen LogP contribution in [0.1, 0.15) is 30.7 Å². The van der Waals surface area contributed by atoms with Gasteiger partial charge in [0.05, 0.1) is 17.9 Å². The third-order valence-corrected chi connectivity index (χ3v) is 2.08. The highest BCUT2D eigenvalue weighted by molar-refractivity contribution is 5.18. The maximum Gasteiger partial charge on any atom is 0.417 e. The quantitative estimate of drug-likeness (QED) is 0.815. The van der Waals surface area contributed by atoms with Crippen LogP contribution < -0.4 is 0 Å². The summed E-state index contributed by atoms with van der Waals surface area (Å²) in [6.07, 6.45) is -3.88. The molecule has 0 radical (unpaired) electrons. The highest BCUT2D eigenvalue weighted by atomic mass is 19.4. The van der Waals surface area contributed by atoms with Crippen molar-refractivity contribution in [2.45, 2.75) is 25.6 Å². The molecule has 0 bridgehead atoms. The molecule has 1 atom stereocenters. The van der Waals surface area contributed by atoms with E-state index < -0.39 is 17.8 Å². The summed E-state index contributed by atoms with van der Waals surface area (Å²) in [5, 5.41) is 9.57. The molecule has 1 unspecified atom stereocenters. The highest BCUT2D eigenvalue weighted by Crippen LogP contribution is 2.28. The summed E-state index contributed by atoms with van der Waals surface area (Å²) in [6, 6.07) is 2.05. The molecular weight excluding hydrogens is 235 g/mol. The molecule has 96 valence electrons. The van der Waals surface area contributed by atoms with Crippen molar-refractivity contribution in [2.24, 2.45) is 0 Å². The number of rotatable bonds is 5. The van der Waals surface area contributed by atoms with Gasteiger partial charge >= 0.3 is 6.18 Å². The summed E-state index contributed by atoms with van der Waals surface area (Å²) in [5.41, 5.74) is -0.656. The number of alkyl halides is 3. The third-order valence-electron chi connectivity index (χ3n) is 2.08. The van der Waals surface area contributed by atoms with Crippen LogP contribution in [0, 0.1) is 0 Å². The molecule has 17 heavy (non-hydrogen) atoms. The smallest absolute Gasteiger partial charge is 0.384 e. The minimum atomic E-state index is -4.41. The summed E-state index contributed by atoms with van der Waals surface area (Å²) >= 11 is 0. The van der Waals surface area contributed by atoms with Gasteiger partial charge in [0.1, 0.15) is 6.10 Å². The molecule has 0 aliphatic rings. The predicted octanol–water partition coefficient (Wildman–Crippen LogP) is 2.56. The van der Waals surface area contributed by atoms with Crippen molar-refractivity contribution in [3.8, 4) is 0 Å². The van der Waals surface area contributed by atoms with E-state index in [0.717, 1.165) is 18.6 Å². The lowest BCUT2D eigenvalue weighted by atomic mass is 10.2. The van der Waals surface area contributed by atoms with E-state index >= 15 is 0 Å². The average Bonchev–Trinajstić information content (AvgIpc) is 2.28. The number of aromatic nitrogens is 1. The van der Waals surface area contributed by atoms with E-state index in [4.69, 9.17) is 4.74 Å². The number of hydrogen-bond donors (Lipinski definition) is 1. The topological polar surface area (TPSA) is 42.4 Å². The lowest BCUT2D eigenvalue weighted by Crippen LogP contribution is -2.11. The number of aliphatic hydroxyl groups excluding tert-OH is 1. The van der Waals surface area contributed by atoms with Gasteiger partial charge in [-0.15, -0.1) is 0 Å². The van der Waals surface area contributed by atoms with Crippen LogP contribution in [0.15, 0.2) is 18.3 Å². The van der Waals surface area contributed by atoms with Crippen molar-refractivity contribution in [2.75, 3.05) is 13.2 Å². The average molecular weight is 249 g/mol. The monoisotopic (exact) mass is 249 g/mol. The lowest BCUT2D eigenvalue weighted by molar-refractivity contribution is -0.137. The molecule has 0 amide bonds. The summed E-state index contributed by atoms with van der Waals surface area (Å²) in [4.78, 5) is 3.57. The van der Waals surface area contributed by atoms with Crippen LogP contribution in [0.3, 0.4) is 0 Å². The summed E-state index contributed by atoms with van der Waals surface area (Å²) < 4.78 is 41.8. The fraction of sp³-hybridized carbons (Fsp3) is 0.545. The highest BCUT2D eigenvalue weighted by Gasteiger charge is 2.30. The van der Waals surface area contributed by atoms with Gasteiger partial charge in [-0.25, -0.2) is 0 Å². The minimum absolute atomic E-state index is 0.0339. The van der Waals surface area contributed by atoms with Gasteiger partial charge in [-0.2, -0.15) is 13.2 Å². The number of aliphatic hydroxyl groups is 1. The van der Waals surface area contributed by atoms with Crippen LogP contribution in [0.4, 0.5) is 13.2 Å². The van der Waals surface area contributed by atoms with Gasteiger partial charge in [-0.1, -0.05) is 6.92 Å². The normalized spacial score (nSPS) is 13.7. The van der Waals surface area contributed by atoms with Crippen molar-refractivity contribution in [1.82, 2.24) is 4.98 Å². The Balaban J connectivity index is 2.61. The van der Waals surface area contributed by atoms with Crippen LogP contribution >= 0.6 is 0 Å². The molecule has 6 heteroatoms.